The standard InChI is InChI=1S/C16H18FN3O2S/c1-10(2)13-7-14(21)20-16(19-13)23-9-15(22)18-8-11-3-5-12(17)6-4-11/h3-7,10H,8-9H2,1-2H3,(H,18,22)(H,19,20,21). The zero-order valence-corrected chi connectivity index (χ0v) is 13.7. The molecule has 0 aliphatic rings. The van der Waals surface area contributed by atoms with Crippen molar-refractivity contribution in [2.45, 2.75) is 31.5 Å². The first kappa shape index (κ1) is 17.2. The van der Waals surface area contributed by atoms with E-state index in [2.05, 4.69) is 15.3 Å². The van der Waals surface area contributed by atoms with E-state index in [4.69, 9.17) is 0 Å². The number of nitrogens with one attached hydrogen (secondary N) is 2. The van der Waals surface area contributed by atoms with Gasteiger partial charge in [-0.05, 0) is 23.6 Å². The van der Waals surface area contributed by atoms with Crippen LogP contribution in [0.25, 0.3) is 0 Å². The fourth-order valence-corrected chi connectivity index (χ4v) is 2.52. The van der Waals surface area contributed by atoms with Crippen LogP contribution in [0.2, 0.25) is 0 Å². The molecule has 2 aromatic rings. The summed E-state index contributed by atoms with van der Waals surface area (Å²) in [5.74, 6) is -0.206. The second-order valence-corrected chi connectivity index (χ2v) is 6.29. The molecule has 2 rings (SSSR count). The summed E-state index contributed by atoms with van der Waals surface area (Å²) in [6.45, 7) is 4.23. The van der Waals surface area contributed by atoms with Crippen molar-refractivity contribution in [2.75, 3.05) is 5.75 Å². The van der Waals surface area contributed by atoms with Crippen LogP contribution in [0.4, 0.5) is 4.39 Å². The molecule has 0 aliphatic heterocycles. The highest BCUT2D eigenvalue weighted by Crippen LogP contribution is 2.15. The van der Waals surface area contributed by atoms with E-state index in [0.29, 0.717) is 17.4 Å². The number of halogens is 1. The van der Waals surface area contributed by atoms with Gasteiger partial charge in [0.1, 0.15) is 5.82 Å². The number of thioether (sulfide) groups is 1. The summed E-state index contributed by atoms with van der Waals surface area (Å²) in [7, 11) is 0. The van der Waals surface area contributed by atoms with E-state index < -0.39 is 0 Å². The highest BCUT2D eigenvalue weighted by molar-refractivity contribution is 7.99. The van der Waals surface area contributed by atoms with Crippen LogP contribution in [0.3, 0.4) is 0 Å². The number of aromatic amines is 1. The normalized spacial score (nSPS) is 10.8. The number of hydrogen-bond acceptors (Lipinski definition) is 4. The number of aromatic nitrogens is 2. The summed E-state index contributed by atoms with van der Waals surface area (Å²) < 4.78 is 12.8. The van der Waals surface area contributed by atoms with Crippen molar-refractivity contribution in [3.05, 3.63) is 57.8 Å². The highest BCUT2D eigenvalue weighted by Gasteiger charge is 2.08. The fraction of sp³-hybridized carbons (Fsp3) is 0.312. The zero-order valence-electron chi connectivity index (χ0n) is 12.9. The summed E-state index contributed by atoms with van der Waals surface area (Å²) in [6.07, 6.45) is 0. The minimum absolute atomic E-state index is 0.143. The van der Waals surface area contributed by atoms with E-state index in [9.17, 15) is 14.0 Å². The van der Waals surface area contributed by atoms with Crippen LogP contribution in [0.15, 0.2) is 40.3 Å². The van der Waals surface area contributed by atoms with Gasteiger partial charge in [0.2, 0.25) is 5.91 Å². The van der Waals surface area contributed by atoms with Crippen LogP contribution in [0.1, 0.15) is 31.0 Å². The van der Waals surface area contributed by atoms with Crippen LogP contribution in [0, 0.1) is 5.82 Å². The summed E-state index contributed by atoms with van der Waals surface area (Å²) in [6, 6.07) is 7.40. The third-order valence-electron chi connectivity index (χ3n) is 3.07. The monoisotopic (exact) mass is 335 g/mol. The number of hydrogen-bond donors (Lipinski definition) is 2. The summed E-state index contributed by atoms with van der Waals surface area (Å²) in [4.78, 5) is 30.3. The van der Waals surface area contributed by atoms with E-state index in [1.54, 1.807) is 12.1 Å². The lowest BCUT2D eigenvalue weighted by atomic mass is 10.1. The average Bonchev–Trinajstić information content (AvgIpc) is 2.52. The predicted octanol–water partition coefficient (Wildman–Crippen LogP) is 2.44. The van der Waals surface area contributed by atoms with Gasteiger partial charge in [0.05, 0.1) is 11.4 Å². The maximum absolute atomic E-state index is 12.8. The Bertz CT molecular complexity index is 729. The van der Waals surface area contributed by atoms with Gasteiger partial charge in [-0.25, -0.2) is 9.37 Å². The Morgan fingerprint density at radius 2 is 2.04 bits per heavy atom. The Balaban J connectivity index is 1.87. The lowest BCUT2D eigenvalue weighted by Crippen LogP contribution is -2.24. The minimum Gasteiger partial charge on any atom is -0.351 e. The molecule has 0 atom stereocenters. The first-order valence-electron chi connectivity index (χ1n) is 7.19. The Morgan fingerprint density at radius 3 is 2.70 bits per heavy atom. The van der Waals surface area contributed by atoms with Crippen LogP contribution < -0.4 is 10.9 Å². The van der Waals surface area contributed by atoms with Crippen LogP contribution in [0.5, 0.6) is 0 Å². The molecule has 23 heavy (non-hydrogen) atoms. The lowest BCUT2D eigenvalue weighted by molar-refractivity contribution is -0.118. The average molecular weight is 335 g/mol. The maximum Gasteiger partial charge on any atom is 0.251 e. The Kier molecular flexibility index (Phi) is 5.92. The van der Waals surface area contributed by atoms with E-state index in [1.165, 1.54) is 30.0 Å². The Hall–Kier alpha value is -2.15. The van der Waals surface area contributed by atoms with E-state index in [-0.39, 0.29) is 29.0 Å². The van der Waals surface area contributed by atoms with Crippen LogP contribution in [-0.4, -0.2) is 21.6 Å². The number of amides is 1. The van der Waals surface area contributed by atoms with Gasteiger partial charge in [-0.15, -0.1) is 0 Å². The molecule has 122 valence electrons. The Morgan fingerprint density at radius 1 is 1.35 bits per heavy atom. The van der Waals surface area contributed by atoms with Gasteiger partial charge < -0.3 is 10.3 Å². The van der Waals surface area contributed by atoms with E-state index in [1.807, 2.05) is 13.8 Å². The van der Waals surface area contributed by atoms with Crippen molar-refractivity contribution in [3.63, 3.8) is 0 Å². The van der Waals surface area contributed by atoms with Gasteiger partial charge in [0.25, 0.3) is 5.56 Å². The molecule has 0 saturated carbocycles. The largest absolute Gasteiger partial charge is 0.351 e. The number of carbonyl (C=O) groups is 1. The van der Waals surface area contributed by atoms with Crippen molar-refractivity contribution in [2.24, 2.45) is 0 Å². The van der Waals surface area contributed by atoms with E-state index in [0.717, 1.165) is 5.56 Å². The molecule has 0 bridgehead atoms. The maximum atomic E-state index is 12.8. The van der Waals surface area contributed by atoms with Crippen molar-refractivity contribution >= 4 is 17.7 Å². The second kappa shape index (κ2) is 7.92. The Labute approximate surface area is 137 Å². The molecule has 0 radical (unpaired) electrons. The van der Waals surface area contributed by atoms with Crippen molar-refractivity contribution in [1.82, 2.24) is 15.3 Å². The molecular weight excluding hydrogens is 317 g/mol. The highest BCUT2D eigenvalue weighted by atomic mass is 32.2. The van der Waals surface area contributed by atoms with Gasteiger partial charge >= 0.3 is 0 Å². The SMILES string of the molecule is CC(C)c1cc(=O)[nH]c(SCC(=O)NCc2ccc(F)cc2)n1. The third kappa shape index (κ3) is 5.52. The van der Waals surface area contributed by atoms with Gasteiger partial charge in [0, 0.05) is 12.6 Å². The van der Waals surface area contributed by atoms with Gasteiger partial charge in [0.15, 0.2) is 5.16 Å². The van der Waals surface area contributed by atoms with Crippen LogP contribution in [-0.2, 0) is 11.3 Å². The first-order chi connectivity index (χ1) is 10.9. The quantitative estimate of drug-likeness (QED) is 0.628. The van der Waals surface area contributed by atoms with Crippen molar-refractivity contribution < 1.29 is 9.18 Å². The molecule has 2 N–H and O–H groups in total. The molecule has 0 unspecified atom stereocenters. The first-order valence-corrected chi connectivity index (χ1v) is 8.18. The fourth-order valence-electron chi connectivity index (χ4n) is 1.81. The molecular formula is C16H18FN3O2S. The second-order valence-electron chi connectivity index (χ2n) is 5.32. The molecule has 1 aromatic carbocycles. The number of nitrogens with zero attached hydrogens (tertiary/aromatic N) is 1. The smallest absolute Gasteiger partial charge is 0.251 e. The summed E-state index contributed by atoms with van der Waals surface area (Å²) >= 11 is 1.17. The van der Waals surface area contributed by atoms with Crippen LogP contribution >= 0.6 is 11.8 Å². The third-order valence-corrected chi connectivity index (χ3v) is 3.95. The molecule has 1 aromatic heterocycles. The van der Waals surface area contributed by atoms with Crippen molar-refractivity contribution in [1.29, 1.82) is 0 Å². The molecule has 0 fully saturated rings. The molecule has 7 heteroatoms. The van der Waals surface area contributed by atoms with Gasteiger partial charge in [-0.1, -0.05) is 37.7 Å². The molecule has 1 amide bonds. The zero-order chi connectivity index (χ0) is 16.8. The topological polar surface area (TPSA) is 74.8 Å². The number of benzene rings is 1. The number of carbonyl (C=O) groups excluding carboxylic acids is 1. The van der Waals surface area contributed by atoms with Crippen molar-refractivity contribution in [3.8, 4) is 0 Å². The number of H-pyrrole nitrogens is 1. The van der Waals surface area contributed by atoms with E-state index >= 15 is 0 Å². The molecule has 0 spiro atoms. The minimum atomic E-state index is -0.310. The van der Waals surface area contributed by atoms with Gasteiger partial charge in [-0.3, -0.25) is 9.59 Å². The molecule has 0 saturated heterocycles. The molecule has 0 aliphatic carbocycles. The van der Waals surface area contributed by atoms with Gasteiger partial charge in [-0.2, -0.15) is 0 Å². The summed E-state index contributed by atoms with van der Waals surface area (Å²) in [5, 5.41) is 3.17. The predicted molar refractivity (Wildman–Crippen MR) is 87.9 cm³/mol. The lowest BCUT2D eigenvalue weighted by Gasteiger charge is -2.07. The molecule has 5 nitrogen and oxygen atoms in total. The molecule has 1 heterocycles. The summed E-state index contributed by atoms with van der Waals surface area (Å²) in [5.41, 5.74) is 1.29. The number of rotatable bonds is 6.